The van der Waals surface area contributed by atoms with Gasteiger partial charge in [0.15, 0.2) is 0 Å². The fraction of sp³-hybridized carbons (Fsp3) is 0.500. The van der Waals surface area contributed by atoms with Crippen LogP contribution in [0.5, 0.6) is 0 Å². The molecule has 1 aromatic rings. The third-order valence-corrected chi connectivity index (χ3v) is 3.21. The third kappa shape index (κ3) is 3.24. The Morgan fingerprint density at radius 2 is 2.06 bits per heavy atom. The molecule has 0 bridgehead atoms. The average Bonchev–Trinajstić information content (AvgIpc) is 2.33. The maximum atomic E-state index is 11.8. The van der Waals surface area contributed by atoms with Gasteiger partial charge < -0.3 is 4.74 Å². The smallest absolute Gasteiger partial charge is 0.225 e. The highest BCUT2D eigenvalue weighted by molar-refractivity contribution is 6.32. The molecule has 0 aromatic heterocycles. The molecule has 0 aliphatic carbocycles. The van der Waals surface area contributed by atoms with Crippen LogP contribution in [0.15, 0.2) is 12.1 Å². The van der Waals surface area contributed by atoms with Crippen molar-refractivity contribution in [3.05, 3.63) is 28.3 Å². The molecule has 18 heavy (non-hydrogen) atoms. The van der Waals surface area contributed by atoms with Crippen molar-refractivity contribution in [2.75, 3.05) is 18.2 Å². The third-order valence-electron chi connectivity index (χ3n) is 2.86. The molecule has 4 heteroatoms. The van der Waals surface area contributed by atoms with E-state index < -0.39 is 0 Å². The quantitative estimate of drug-likeness (QED) is 0.765. The molecule has 1 rings (SSSR count). The number of carbonyl (C=O) groups excluding carboxylic acids is 1. The van der Waals surface area contributed by atoms with Crippen molar-refractivity contribution in [2.45, 2.75) is 34.1 Å². The van der Waals surface area contributed by atoms with E-state index in [2.05, 4.69) is 0 Å². The van der Waals surface area contributed by atoms with Crippen molar-refractivity contribution in [1.29, 1.82) is 0 Å². The average molecular weight is 270 g/mol. The zero-order valence-electron chi connectivity index (χ0n) is 11.4. The summed E-state index contributed by atoms with van der Waals surface area (Å²) >= 11 is 6.21. The van der Waals surface area contributed by atoms with Gasteiger partial charge in [-0.05, 0) is 37.5 Å². The summed E-state index contributed by atoms with van der Waals surface area (Å²) in [4.78, 5) is 13.4. The molecule has 0 N–H and O–H groups in total. The summed E-state index contributed by atoms with van der Waals surface area (Å²) in [5.41, 5.74) is 2.91. The standard InChI is InChI=1S/C14H20ClNO2/c1-5-12-13(15)8-7-10(3)14(12)16(11(4)17)9-18-6-2/h7-8H,5-6,9H2,1-4H3. The largest absolute Gasteiger partial charge is 0.361 e. The second-order valence-corrected chi connectivity index (χ2v) is 4.52. The van der Waals surface area contributed by atoms with Gasteiger partial charge in [-0.1, -0.05) is 24.6 Å². The van der Waals surface area contributed by atoms with Crippen molar-refractivity contribution in [1.82, 2.24) is 0 Å². The minimum atomic E-state index is -0.0384. The van der Waals surface area contributed by atoms with Gasteiger partial charge in [-0.25, -0.2) is 0 Å². The van der Waals surface area contributed by atoms with Crippen molar-refractivity contribution < 1.29 is 9.53 Å². The van der Waals surface area contributed by atoms with Gasteiger partial charge in [-0.2, -0.15) is 0 Å². The van der Waals surface area contributed by atoms with E-state index in [1.165, 1.54) is 0 Å². The first-order valence-electron chi connectivity index (χ1n) is 6.16. The Hall–Kier alpha value is -1.06. The Balaban J connectivity index is 3.25. The van der Waals surface area contributed by atoms with Crippen LogP contribution >= 0.6 is 11.6 Å². The maximum absolute atomic E-state index is 11.8. The number of halogens is 1. The van der Waals surface area contributed by atoms with Crippen LogP contribution in [-0.2, 0) is 16.0 Å². The number of anilines is 1. The zero-order chi connectivity index (χ0) is 13.7. The van der Waals surface area contributed by atoms with Gasteiger partial charge in [0, 0.05) is 18.6 Å². The highest BCUT2D eigenvalue weighted by atomic mass is 35.5. The van der Waals surface area contributed by atoms with E-state index in [4.69, 9.17) is 16.3 Å². The van der Waals surface area contributed by atoms with Gasteiger partial charge in [0.25, 0.3) is 0 Å². The van der Waals surface area contributed by atoms with Gasteiger partial charge >= 0.3 is 0 Å². The van der Waals surface area contributed by atoms with E-state index >= 15 is 0 Å². The van der Waals surface area contributed by atoms with Crippen LogP contribution in [0.1, 0.15) is 31.9 Å². The lowest BCUT2D eigenvalue weighted by Crippen LogP contribution is -2.32. The van der Waals surface area contributed by atoms with Gasteiger partial charge in [-0.15, -0.1) is 0 Å². The first kappa shape index (κ1) is 15.0. The van der Waals surface area contributed by atoms with Crippen LogP contribution in [0.4, 0.5) is 5.69 Å². The molecule has 1 aromatic carbocycles. The highest BCUT2D eigenvalue weighted by Crippen LogP contribution is 2.31. The number of ether oxygens (including phenoxy) is 1. The van der Waals surface area contributed by atoms with Crippen LogP contribution in [0.2, 0.25) is 5.02 Å². The fourth-order valence-corrected chi connectivity index (χ4v) is 2.22. The summed E-state index contributed by atoms with van der Waals surface area (Å²) in [6, 6.07) is 3.80. The topological polar surface area (TPSA) is 29.5 Å². The molecular formula is C14H20ClNO2. The van der Waals surface area contributed by atoms with Crippen LogP contribution in [0.3, 0.4) is 0 Å². The number of benzene rings is 1. The molecule has 0 unspecified atom stereocenters. The Labute approximate surface area is 114 Å². The minimum Gasteiger partial charge on any atom is -0.361 e. The molecule has 0 spiro atoms. The summed E-state index contributed by atoms with van der Waals surface area (Å²) in [5.74, 6) is -0.0384. The molecule has 0 saturated heterocycles. The van der Waals surface area contributed by atoms with Crippen LogP contribution < -0.4 is 4.90 Å². The van der Waals surface area contributed by atoms with Gasteiger partial charge in [0.05, 0.1) is 5.69 Å². The first-order chi connectivity index (χ1) is 8.52. The lowest BCUT2D eigenvalue weighted by atomic mass is 10.0. The van der Waals surface area contributed by atoms with Gasteiger partial charge in [0.2, 0.25) is 5.91 Å². The molecule has 100 valence electrons. The van der Waals surface area contributed by atoms with E-state index in [9.17, 15) is 4.79 Å². The Morgan fingerprint density at radius 3 is 2.56 bits per heavy atom. The van der Waals surface area contributed by atoms with E-state index in [1.807, 2.05) is 32.9 Å². The second-order valence-electron chi connectivity index (χ2n) is 4.11. The molecule has 1 amide bonds. The van der Waals surface area contributed by atoms with Gasteiger partial charge in [0.1, 0.15) is 6.73 Å². The number of carbonyl (C=O) groups is 1. The maximum Gasteiger partial charge on any atom is 0.225 e. The Bertz CT molecular complexity index is 432. The lowest BCUT2D eigenvalue weighted by Gasteiger charge is -2.26. The van der Waals surface area contributed by atoms with E-state index in [0.717, 1.165) is 23.2 Å². The summed E-state index contributed by atoms with van der Waals surface area (Å²) in [7, 11) is 0. The van der Waals surface area contributed by atoms with Crippen LogP contribution in [0, 0.1) is 6.92 Å². The van der Waals surface area contributed by atoms with Crippen molar-refractivity contribution in [3.8, 4) is 0 Å². The molecule has 0 aliphatic rings. The normalized spacial score (nSPS) is 10.5. The molecule has 0 heterocycles. The fourth-order valence-electron chi connectivity index (χ4n) is 1.94. The summed E-state index contributed by atoms with van der Waals surface area (Å²) in [6.45, 7) is 8.30. The Morgan fingerprint density at radius 1 is 1.39 bits per heavy atom. The van der Waals surface area contributed by atoms with Crippen molar-refractivity contribution in [3.63, 3.8) is 0 Å². The van der Waals surface area contributed by atoms with Gasteiger partial charge in [-0.3, -0.25) is 9.69 Å². The van der Waals surface area contributed by atoms with Crippen LogP contribution in [0.25, 0.3) is 0 Å². The lowest BCUT2D eigenvalue weighted by molar-refractivity contribution is -0.117. The molecule has 0 radical (unpaired) electrons. The summed E-state index contributed by atoms with van der Waals surface area (Å²) in [6.07, 6.45) is 0.783. The molecule has 0 aliphatic heterocycles. The SMILES string of the molecule is CCOCN(C(C)=O)c1c(C)ccc(Cl)c1CC. The highest BCUT2D eigenvalue weighted by Gasteiger charge is 2.18. The summed E-state index contributed by atoms with van der Waals surface area (Å²) in [5, 5.41) is 0.695. The second kappa shape index (κ2) is 6.76. The number of hydrogen-bond acceptors (Lipinski definition) is 2. The number of amides is 1. The first-order valence-corrected chi connectivity index (χ1v) is 6.54. The minimum absolute atomic E-state index is 0.0384. The molecular weight excluding hydrogens is 250 g/mol. The van der Waals surface area contributed by atoms with Crippen molar-refractivity contribution in [2.24, 2.45) is 0 Å². The van der Waals surface area contributed by atoms with E-state index in [0.29, 0.717) is 11.6 Å². The number of rotatable bonds is 5. The predicted molar refractivity (Wildman–Crippen MR) is 75.2 cm³/mol. The number of nitrogens with zero attached hydrogens (tertiary/aromatic N) is 1. The zero-order valence-corrected chi connectivity index (χ0v) is 12.2. The number of hydrogen-bond donors (Lipinski definition) is 0. The van der Waals surface area contributed by atoms with E-state index in [1.54, 1.807) is 11.8 Å². The molecule has 0 atom stereocenters. The molecule has 0 fully saturated rings. The van der Waals surface area contributed by atoms with Crippen molar-refractivity contribution >= 4 is 23.2 Å². The number of aryl methyl sites for hydroxylation is 1. The predicted octanol–water partition coefficient (Wildman–Crippen LogP) is 3.56. The molecule has 0 saturated carbocycles. The molecule has 3 nitrogen and oxygen atoms in total. The summed E-state index contributed by atoms with van der Waals surface area (Å²) < 4.78 is 5.37. The Kier molecular flexibility index (Phi) is 5.63. The van der Waals surface area contributed by atoms with Crippen LogP contribution in [-0.4, -0.2) is 19.2 Å². The van der Waals surface area contributed by atoms with E-state index in [-0.39, 0.29) is 12.6 Å². The monoisotopic (exact) mass is 269 g/mol.